The van der Waals surface area contributed by atoms with Gasteiger partial charge in [0.2, 0.25) is 0 Å². The molecule has 1 fully saturated rings. The Morgan fingerprint density at radius 3 is 2.68 bits per heavy atom. The van der Waals surface area contributed by atoms with Crippen LogP contribution in [-0.2, 0) is 6.54 Å². The van der Waals surface area contributed by atoms with Gasteiger partial charge in [-0.05, 0) is 24.6 Å². The van der Waals surface area contributed by atoms with Gasteiger partial charge in [0.1, 0.15) is 23.5 Å². The maximum absolute atomic E-state index is 14.0. The fourth-order valence-corrected chi connectivity index (χ4v) is 3.60. The molecule has 0 unspecified atom stereocenters. The van der Waals surface area contributed by atoms with Gasteiger partial charge in [-0.25, -0.2) is 14.4 Å². The minimum absolute atomic E-state index is 0.295. The topological polar surface area (TPSA) is 32.3 Å². The lowest BCUT2D eigenvalue weighted by atomic mass is 10.1. The molecule has 0 saturated carbocycles. The summed E-state index contributed by atoms with van der Waals surface area (Å²) in [6, 6.07) is 15.9. The van der Waals surface area contributed by atoms with Gasteiger partial charge in [0.05, 0.1) is 0 Å². The van der Waals surface area contributed by atoms with E-state index in [1.165, 1.54) is 18.0 Å². The molecule has 0 amide bonds. The Labute approximate surface area is 146 Å². The van der Waals surface area contributed by atoms with Crippen molar-refractivity contribution < 1.29 is 4.39 Å². The third kappa shape index (κ3) is 3.20. The maximum atomic E-state index is 14.0. The molecule has 1 aromatic heterocycles. The zero-order valence-corrected chi connectivity index (χ0v) is 14.3. The van der Waals surface area contributed by atoms with Crippen molar-refractivity contribution in [3.8, 4) is 0 Å². The normalized spacial score (nSPS) is 18.6. The standard InChI is InChI=1S/C20H21FN4/c1-15-12-24(13-16-6-3-2-4-7-16)10-11-25(15)20-17-8-5-9-18(21)19(17)22-14-23-20/h2-9,14-15H,10-13H2,1H3/t15-/m1/s1. The van der Waals surface area contributed by atoms with Crippen molar-refractivity contribution in [2.24, 2.45) is 0 Å². The Morgan fingerprint density at radius 1 is 1.04 bits per heavy atom. The molecular weight excluding hydrogens is 315 g/mol. The molecule has 25 heavy (non-hydrogen) atoms. The zero-order valence-electron chi connectivity index (χ0n) is 14.3. The van der Waals surface area contributed by atoms with E-state index in [-0.39, 0.29) is 5.82 Å². The van der Waals surface area contributed by atoms with Crippen LogP contribution in [0.15, 0.2) is 54.9 Å². The monoisotopic (exact) mass is 336 g/mol. The number of benzene rings is 2. The predicted molar refractivity (Wildman–Crippen MR) is 98.0 cm³/mol. The first-order chi connectivity index (χ1) is 12.2. The van der Waals surface area contributed by atoms with Gasteiger partial charge < -0.3 is 4.90 Å². The fourth-order valence-electron chi connectivity index (χ4n) is 3.60. The molecule has 0 spiro atoms. The highest BCUT2D eigenvalue weighted by molar-refractivity contribution is 5.89. The van der Waals surface area contributed by atoms with E-state index in [9.17, 15) is 4.39 Å². The van der Waals surface area contributed by atoms with Crippen LogP contribution in [0, 0.1) is 5.82 Å². The zero-order chi connectivity index (χ0) is 17.2. The average molecular weight is 336 g/mol. The number of anilines is 1. The first-order valence-electron chi connectivity index (χ1n) is 8.64. The lowest BCUT2D eigenvalue weighted by molar-refractivity contribution is 0.220. The van der Waals surface area contributed by atoms with E-state index in [0.717, 1.165) is 37.4 Å². The van der Waals surface area contributed by atoms with Crippen LogP contribution in [0.2, 0.25) is 0 Å². The largest absolute Gasteiger partial charge is 0.351 e. The molecule has 2 aromatic carbocycles. The quantitative estimate of drug-likeness (QED) is 0.733. The van der Waals surface area contributed by atoms with Crippen molar-refractivity contribution in [2.75, 3.05) is 24.5 Å². The molecule has 2 heterocycles. The van der Waals surface area contributed by atoms with E-state index in [2.05, 4.69) is 51.0 Å². The number of nitrogens with zero attached hydrogens (tertiary/aromatic N) is 4. The second-order valence-electron chi connectivity index (χ2n) is 6.60. The maximum Gasteiger partial charge on any atom is 0.149 e. The first-order valence-corrected chi connectivity index (χ1v) is 8.64. The van der Waals surface area contributed by atoms with Crippen LogP contribution in [0.1, 0.15) is 12.5 Å². The third-order valence-corrected chi connectivity index (χ3v) is 4.83. The molecule has 1 atom stereocenters. The Balaban J connectivity index is 1.55. The molecule has 128 valence electrons. The molecule has 1 aliphatic heterocycles. The minimum Gasteiger partial charge on any atom is -0.351 e. The molecule has 4 rings (SSSR count). The van der Waals surface area contributed by atoms with Gasteiger partial charge in [0.15, 0.2) is 0 Å². The number of para-hydroxylation sites is 1. The average Bonchev–Trinajstić information content (AvgIpc) is 2.63. The smallest absolute Gasteiger partial charge is 0.149 e. The van der Waals surface area contributed by atoms with Gasteiger partial charge in [-0.2, -0.15) is 0 Å². The van der Waals surface area contributed by atoms with Gasteiger partial charge in [-0.15, -0.1) is 0 Å². The van der Waals surface area contributed by atoms with Crippen molar-refractivity contribution in [1.29, 1.82) is 0 Å². The summed E-state index contributed by atoms with van der Waals surface area (Å²) < 4.78 is 14.0. The van der Waals surface area contributed by atoms with E-state index in [1.54, 1.807) is 6.07 Å². The molecule has 3 aromatic rings. The fraction of sp³-hybridized carbons (Fsp3) is 0.300. The van der Waals surface area contributed by atoms with Crippen LogP contribution >= 0.6 is 0 Å². The number of halogens is 1. The Morgan fingerprint density at radius 2 is 1.88 bits per heavy atom. The van der Waals surface area contributed by atoms with Gasteiger partial charge in [-0.1, -0.05) is 36.4 Å². The van der Waals surface area contributed by atoms with Crippen LogP contribution in [0.4, 0.5) is 10.2 Å². The summed E-state index contributed by atoms with van der Waals surface area (Å²) in [5.41, 5.74) is 1.73. The van der Waals surface area contributed by atoms with Crippen molar-refractivity contribution >= 4 is 16.7 Å². The number of rotatable bonds is 3. The summed E-state index contributed by atoms with van der Waals surface area (Å²) in [7, 11) is 0. The highest BCUT2D eigenvalue weighted by Gasteiger charge is 2.26. The molecule has 1 aliphatic rings. The summed E-state index contributed by atoms with van der Waals surface area (Å²) in [5, 5.41) is 0.783. The number of hydrogen-bond donors (Lipinski definition) is 0. The van der Waals surface area contributed by atoms with Crippen LogP contribution in [-0.4, -0.2) is 40.5 Å². The van der Waals surface area contributed by atoms with E-state index in [1.807, 2.05) is 12.1 Å². The SMILES string of the molecule is C[C@@H]1CN(Cc2ccccc2)CCN1c1ncnc2c(F)cccc12. The second-order valence-corrected chi connectivity index (χ2v) is 6.60. The summed E-state index contributed by atoms with van der Waals surface area (Å²) in [6.45, 7) is 5.94. The predicted octanol–water partition coefficient (Wildman–Crippen LogP) is 3.48. The lowest BCUT2D eigenvalue weighted by Crippen LogP contribution is -2.52. The molecule has 1 saturated heterocycles. The summed E-state index contributed by atoms with van der Waals surface area (Å²) in [4.78, 5) is 13.3. The Kier molecular flexibility index (Phi) is 4.32. The van der Waals surface area contributed by atoms with Crippen molar-refractivity contribution in [3.63, 3.8) is 0 Å². The molecule has 5 heteroatoms. The highest BCUT2D eigenvalue weighted by atomic mass is 19.1. The second kappa shape index (κ2) is 6.76. The lowest BCUT2D eigenvalue weighted by Gasteiger charge is -2.41. The first kappa shape index (κ1) is 16.0. The summed E-state index contributed by atoms with van der Waals surface area (Å²) in [6.07, 6.45) is 1.46. The van der Waals surface area contributed by atoms with Crippen molar-refractivity contribution in [3.05, 3.63) is 66.2 Å². The van der Waals surface area contributed by atoms with E-state index < -0.39 is 0 Å². The molecule has 0 bridgehead atoms. The van der Waals surface area contributed by atoms with Crippen molar-refractivity contribution in [2.45, 2.75) is 19.5 Å². The number of aromatic nitrogens is 2. The molecule has 0 aliphatic carbocycles. The molecular formula is C20H21FN4. The van der Waals surface area contributed by atoms with Gasteiger partial charge in [0.25, 0.3) is 0 Å². The Hall–Kier alpha value is -2.53. The van der Waals surface area contributed by atoms with Gasteiger partial charge >= 0.3 is 0 Å². The van der Waals surface area contributed by atoms with Crippen LogP contribution in [0.5, 0.6) is 0 Å². The van der Waals surface area contributed by atoms with Crippen molar-refractivity contribution in [1.82, 2.24) is 14.9 Å². The van der Waals surface area contributed by atoms with E-state index in [4.69, 9.17) is 0 Å². The Bertz CT molecular complexity index is 868. The molecule has 4 nitrogen and oxygen atoms in total. The van der Waals surface area contributed by atoms with E-state index in [0.29, 0.717) is 11.6 Å². The number of piperazine rings is 1. The van der Waals surface area contributed by atoms with Gasteiger partial charge in [0, 0.05) is 37.6 Å². The molecule has 0 N–H and O–H groups in total. The summed E-state index contributed by atoms with van der Waals surface area (Å²) >= 11 is 0. The van der Waals surface area contributed by atoms with Crippen LogP contribution in [0.25, 0.3) is 10.9 Å². The minimum atomic E-state index is -0.295. The third-order valence-electron chi connectivity index (χ3n) is 4.83. The highest BCUT2D eigenvalue weighted by Crippen LogP contribution is 2.27. The van der Waals surface area contributed by atoms with E-state index >= 15 is 0 Å². The molecule has 0 radical (unpaired) electrons. The number of hydrogen-bond acceptors (Lipinski definition) is 4. The number of fused-ring (bicyclic) bond motifs is 1. The van der Waals surface area contributed by atoms with Gasteiger partial charge in [-0.3, -0.25) is 4.90 Å². The summed E-state index contributed by atoms with van der Waals surface area (Å²) in [5.74, 6) is 0.535. The van der Waals surface area contributed by atoms with Crippen LogP contribution in [0.3, 0.4) is 0 Å². The van der Waals surface area contributed by atoms with Crippen LogP contribution < -0.4 is 4.90 Å².